The molecule has 2 fully saturated rings. The van der Waals surface area contributed by atoms with E-state index in [1.807, 2.05) is 37.4 Å². The van der Waals surface area contributed by atoms with Crippen LogP contribution in [-0.2, 0) is 10.4 Å². The highest BCUT2D eigenvalue weighted by Gasteiger charge is 2.47. The zero-order valence-corrected chi connectivity index (χ0v) is 16.2. The van der Waals surface area contributed by atoms with Crippen LogP contribution in [0.4, 0.5) is 13.2 Å². The smallest absolute Gasteiger partial charge is 0.383 e. The zero-order chi connectivity index (χ0) is 20.4. The maximum atomic E-state index is 12.5. The lowest BCUT2D eigenvalue weighted by Gasteiger charge is -2.51. The van der Waals surface area contributed by atoms with Gasteiger partial charge in [0.15, 0.2) is 0 Å². The Morgan fingerprint density at radius 3 is 2.39 bits per heavy atom. The van der Waals surface area contributed by atoms with E-state index in [9.17, 15) is 23.1 Å². The summed E-state index contributed by atoms with van der Waals surface area (Å²) in [4.78, 5) is 18.3. The number of hydrogen-bond donors (Lipinski definition) is 1. The predicted molar refractivity (Wildman–Crippen MR) is 99.7 cm³/mol. The van der Waals surface area contributed by atoms with Gasteiger partial charge in [-0.15, -0.1) is 0 Å². The third-order valence-electron chi connectivity index (χ3n) is 5.93. The molecule has 1 amide bonds. The first-order valence-corrected chi connectivity index (χ1v) is 9.74. The Bertz CT molecular complexity index is 662. The molecule has 0 saturated carbocycles. The van der Waals surface area contributed by atoms with Crippen molar-refractivity contribution in [1.82, 2.24) is 14.7 Å². The summed E-state index contributed by atoms with van der Waals surface area (Å²) in [5.74, 6) is -0.494. The number of carbonyl (C=O) groups excluding carboxylic acids is 1. The fourth-order valence-electron chi connectivity index (χ4n) is 4.17. The van der Waals surface area contributed by atoms with E-state index in [-0.39, 0.29) is 19.1 Å². The molecule has 0 radical (unpaired) electrons. The summed E-state index contributed by atoms with van der Waals surface area (Å²) in [7, 11) is 2.04. The minimum atomic E-state index is -4.34. The Labute approximate surface area is 163 Å². The maximum Gasteiger partial charge on any atom is 0.389 e. The summed E-state index contributed by atoms with van der Waals surface area (Å²) < 4.78 is 37.5. The molecular weight excluding hydrogens is 371 g/mol. The van der Waals surface area contributed by atoms with Crippen LogP contribution in [0.3, 0.4) is 0 Å². The van der Waals surface area contributed by atoms with Gasteiger partial charge < -0.3 is 14.9 Å². The molecule has 8 heteroatoms. The number of alkyl halides is 3. The van der Waals surface area contributed by atoms with E-state index in [2.05, 4.69) is 9.80 Å². The first-order valence-electron chi connectivity index (χ1n) is 9.74. The molecule has 28 heavy (non-hydrogen) atoms. The molecule has 2 atom stereocenters. The van der Waals surface area contributed by atoms with E-state index in [0.29, 0.717) is 6.42 Å². The molecule has 2 aliphatic heterocycles. The summed E-state index contributed by atoms with van der Waals surface area (Å²) in [5.41, 5.74) is -0.334. The molecule has 0 spiro atoms. The minimum absolute atomic E-state index is 0.242. The van der Waals surface area contributed by atoms with Gasteiger partial charge in [-0.25, -0.2) is 0 Å². The van der Waals surface area contributed by atoms with Gasteiger partial charge >= 0.3 is 6.18 Å². The van der Waals surface area contributed by atoms with Crippen LogP contribution in [0.5, 0.6) is 0 Å². The van der Waals surface area contributed by atoms with Crippen LogP contribution in [0.25, 0.3) is 0 Å². The molecule has 5 nitrogen and oxygen atoms in total. The van der Waals surface area contributed by atoms with E-state index < -0.39 is 30.5 Å². The van der Waals surface area contributed by atoms with Gasteiger partial charge in [0.1, 0.15) is 5.60 Å². The maximum absolute atomic E-state index is 12.5. The van der Waals surface area contributed by atoms with Crippen molar-refractivity contribution in [2.24, 2.45) is 0 Å². The number of piperidine rings is 1. The van der Waals surface area contributed by atoms with Gasteiger partial charge in [-0.2, -0.15) is 13.2 Å². The van der Waals surface area contributed by atoms with Crippen molar-refractivity contribution >= 4 is 5.91 Å². The lowest BCUT2D eigenvalue weighted by Crippen LogP contribution is -2.64. The number of hydrogen-bond acceptors (Lipinski definition) is 4. The first-order chi connectivity index (χ1) is 13.2. The minimum Gasteiger partial charge on any atom is -0.383 e. The summed E-state index contributed by atoms with van der Waals surface area (Å²) in [6.07, 6.45) is -5.67. The van der Waals surface area contributed by atoms with E-state index in [4.69, 9.17) is 0 Å². The van der Waals surface area contributed by atoms with Crippen molar-refractivity contribution in [2.45, 2.75) is 37.1 Å². The second-order valence-electron chi connectivity index (χ2n) is 7.85. The van der Waals surface area contributed by atoms with Crippen LogP contribution in [0.2, 0.25) is 0 Å². The van der Waals surface area contributed by atoms with Crippen LogP contribution in [-0.4, -0.2) is 84.2 Å². The normalized spacial score (nSPS) is 27.8. The molecule has 3 rings (SSSR count). The number of piperazine rings is 1. The summed E-state index contributed by atoms with van der Waals surface area (Å²) in [6.45, 7) is 3.70. The highest BCUT2D eigenvalue weighted by molar-refractivity contribution is 5.76. The fraction of sp³-hybridized carbons (Fsp3) is 0.650. The predicted octanol–water partition coefficient (Wildman–Crippen LogP) is 2.06. The number of carbonyl (C=O) groups is 1. The lowest BCUT2D eigenvalue weighted by molar-refractivity contribution is -0.156. The molecule has 1 aromatic rings. The Kier molecular flexibility index (Phi) is 6.31. The summed E-state index contributed by atoms with van der Waals surface area (Å²) in [6, 6.07) is 9.04. The molecule has 1 aromatic carbocycles. The third-order valence-corrected chi connectivity index (χ3v) is 5.93. The SMILES string of the molecule is CN1CCN([C@@H]2CN(C(=O)CCC(F)(F)F)CC[C@]2(O)c2ccccc2)CC1. The largest absolute Gasteiger partial charge is 0.389 e. The average Bonchev–Trinajstić information content (AvgIpc) is 2.67. The van der Waals surface area contributed by atoms with Crippen molar-refractivity contribution < 1.29 is 23.1 Å². The van der Waals surface area contributed by atoms with E-state index in [0.717, 1.165) is 31.7 Å². The highest BCUT2D eigenvalue weighted by atomic mass is 19.4. The molecule has 0 bridgehead atoms. The first kappa shape index (κ1) is 21.1. The van der Waals surface area contributed by atoms with Gasteiger partial charge in [-0.1, -0.05) is 30.3 Å². The quantitative estimate of drug-likeness (QED) is 0.842. The Hall–Kier alpha value is -1.64. The van der Waals surface area contributed by atoms with E-state index in [1.165, 1.54) is 4.90 Å². The monoisotopic (exact) mass is 399 g/mol. The number of aliphatic hydroxyl groups is 1. The summed E-state index contributed by atoms with van der Waals surface area (Å²) >= 11 is 0. The molecule has 0 unspecified atom stereocenters. The fourth-order valence-corrected chi connectivity index (χ4v) is 4.17. The number of halogens is 3. The second kappa shape index (κ2) is 8.39. The Balaban J connectivity index is 1.78. The van der Waals surface area contributed by atoms with Gasteiger partial charge in [0, 0.05) is 45.7 Å². The van der Waals surface area contributed by atoms with Gasteiger partial charge in [-0.3, -0.25) is 9.69 Å². The van der Waals surface area contributed by atoms with Gasteiger partial charge in [0.05, 0.1) is 12.5 Å². The van der Waals surface area contributed by atoms with Gasteiger partial charge in [0.2, 0.25) is 5.91 Å². The molecule has 2 aliphatic rings. The second-order valence-corrected chi connectivity index (χ2v) is 7.85. The topological polar surface area (TPSA) is 47.0 Å². The molecule has 2 heterocycles. The molecule has 156 valence electrons. The van der Waals surface area contributed by atoms with Crippen molar-refractivity contribution in [1.29, 1.82) is 0 Å². The number of likely N-dealkylation sites (N-methyl/N-ethyl adjacent to an activating group) is 1. The third kappa shape index (κ3) is 4.85. The van der Waals surface area contributed by atoms with Crippen LogP contribution in [0, 0.1) is 0 Å². The molecular formula is C20H28F3N3O2. The van der Waals surface area contributed by atoms with Gasteiger partial charge in [0.25, 0.3) is 0 Å². The number of likely N-dealkylation sites (tertiary alicyclic amines) is 1. The Morgan fingerprint density at radius 2 is 1.79 bits per heavy atom. The standard InChI is InChI=1S/C20H28F3N3O2/c1-24-11-13-25(14-12-24)17-15-26(18(27)7-8-20(21,22)23)10-9-19(17,28)16-5-3-2-4-6-16/h2-6,17,28H,7-15H2,1H3/t17-,19+/m1/s1. The number of rotatable bonds is 4. The number of benzene rings is 1. The molecule has 0 aliphatic carbocycles. The summed E-state index contributed by atoms with van der Waals surface area (Å²) in [5, 5.41) is 11.6. The van der Waals surface area contributed by atoms with Crippen LogP contribution >= 0.6 is 0 Å². The highest BCUT2D eigenvalue weighted by Crippen LogP contribution is 2.37. The molecule has 2 saturated heterocycles. The van der Waals surface area contributed by atoms with Gasteiger partial charge in [-0.05, 0) is 19.0 Å². The van der Waals surface area contributed by atoms with Crippen molar-refractivity contribution in [3.63, 3.8) is 0 Å². The zero-order valence-electron chi connectivity index (χ0n) is 16.2. The average molecular weight is 399 g/mol. The van der Waals surface area contributed by atoms with Crippen LogP contribution in [0.15, 0.2) is 30.3 Å². The number of nitrogens with zero attached hydrogens (tertiary/aromatic N) is 3. The molecule has 1 N–H and O–H groups in total. The molecule has 0 aromatic heterocycles. The van der Waals surface area contributed by atoms with Crippen LogP contribution in [0.1, 0.15) is 24.8 Å². The van der Waals surface area contributed by atoms with E-state index in [1.54, 1.807) is 0 Å². The Morgan fingerprint density at radius 1 is 1.14 bits per heavy atom. The lowest BCUT2D eigenvalue weighted by atomic mass is 9.79. The van der Waals surface area contributed by atoms with Crippen molar-refractivity contribution in [3.05, 3.63) is 35.9 Å². The van der Waals surface area contributed by atoms with Crippen molar-refractivity contribution in [3.8, 4) is 0 Å². The van der Waals surface area contributed by atoms with Crippen LogP contribution < -0.4 is 0 Å². The van der Waals surface area contributed by atoms with Crippen molar-refractivity contribution in [2.75, 3.05) is 46.3 Å². The number of amides is 1. The van der Waals surface area contributed by atoms with E-state index >= 15 is 0 Å².